The van der Waals surface area contributed by atoms with E-state index in [1.165, 1.54) is 14.2 Å². The van der Waals surface area contributed by atoms with Gasteiger partial charge in [0.25, 0.3) is 10.2 Å². The van der Waals surface area contributed by atoms with Crippen LogP contribution < -0.4 is 4.72 Å². The molecule has 1 atom stereocenters. The van der Waals surface area contributed by atoms with Gasteiger partial charge in [0.05, 0.1) is 20.3 Å². The Morgan fingerprint density at radius 1 is 1.60 bits per heavy atom. The molecule has 0 radical (unpaired) electrons. The Kier molecular flexibility index (Phi) is 4.03. The Labute approximate surface area is 88.5 Å². The topological polar surface area (TPSA) is 84.9 Å². The van der Waals surface area contributed by atoms with Crippen molar-refractivity contribution in [3.8, 4) is 0 Å². The summed E-state index contributed by atoms with van der Waals surface area (Å²) in [5, 5.41) is 0. The molecule has 1 rings (SSSR count). The molecular formula is C7H14N2O5S. The van der Waals surface area contributed by atoms with Gasteiger partial charge in [-0.05, 0) is 0 Å². The first-order valence-corrected chi connectivity index (χ1v) is 5.83. The highest BCUT2D eigenvalue weighted by Crippen LogP contribution is 2.09. The number of rotatable bonds is 3. The fourth-order valence-corrected chi connectivity index (χ4v) is 2.15. The van der Waals surface area contributed by atoms with Crippen molar-refractivity contribution in [1.82, 2.24) is 9.03 Å². The molecule has 8 heteroatoms. The number of hydrogen-bond donors (Lipinski definition) is 1. The maximum atomic E-state index is 11.4. The summed E-state index contributed by atoms with van der Waals surface area (Å²) in [5.41, 5.74) is 0. The fraction of sp³-hybridized carbons (Fsp3) is 0.857. The number of methoxy groups -OCH3 is 1. The van der Waals surface area contributed by atoms with Crippen molar-refractivity contribution in [3.05, 3.63) is 0 Å². The Balaban J connectivity index is 2.68. The standard InChI is InChI=1S/C7H14N2O5S/c1-8-15(11,12)9-3-4-14-6(5-9)7(10)13-2/h6,8H,3-5H2,1-2H3. The number of nitrogens with zero attached hydrogens (tertiary/aromatic N) is 1. The van der Waals surface area contributed by atoms with Gasteiger partial charge in [0.2, 0.25) is 0 Å². The van der Waals surface area contributed by atoms with E-state index in [1.807, 2.05) is 0 Å². The molecule has 0 bridgehead atoms. The van der Waals surface area contributed by atoms with E-state index in [9.17, 15) is 13.2 Å². The van der Waals surface area contributed by atoms with Gasteiger partial charge < -0.3 is 9.47 Å². The molecule has 1 aliphatic rings. The summed E-state index contributed by atoms with van der Waals surface area (Å²) in [5.74, 6) is -0.564. The Hall–Kier alpha value is -0.700. The first kappa shape index (κ1) is 12.4. The van der Waals surface area contributed by atoms with E-state index >= 15 is 0 Å². The predicted molar refractivity (Wildman–Crippen MR) is 51.3 cm³/mol. The van der Waals surface area contributed by atoms with Gasteiger partial charge in [0, 0.05) is 13.6 Å². The molecule has 1 saturated heterocycles. The third kappa shape index (κ3) is 2.88. The lowest BCUT2D eigenvalue weighted by Gasteiger charge is -2.30. The van der Waals surface area contributed by atoms with Gasteiger partial charge in [0.1, 0.15) is 0 Å². The highest BCUT2D eigenvalue weighted by Gasteiger charge is 2.32. The van der Waals surface area contributed by atoms with Gasteiger partial charge in [-0.25, -0.2) is 9.52 Å². The van der Waals surface area contributed by atoms with Crippen LogP contribution in [0.15, 0.2) is 0 Å². The molecule has 0 aromatic carbocycles. The van der Waals surface area contributed by atoms with Crippen LogP contribution in [0.3, 0.4) is 0 Å². The van der Waals surface area contributed by atoms with Crippen molar-refractivity contribution in [2.45, 2.75) is 6.10 Å². The molecule has 0 spiro atoms. The van der Waals surface area contributed by atoms with Crippen molar-refractivity contribution < 1.29 is 22.7 Å². The minimum atomic E-state index is -3.50. The van der Waals surface area contributed by atoms with E-state index in [4.69, 9.17) is 4.74 Å². The number of carbonyl (C=O) groups is 1. The zero-order valence-corrected chi connectivity index (χ0v) is 9.41. The van der Waals surface area contributed by atoms with Crippen molar-refractivity contribution in [3.63, 3.8) is 0 Å². The zero-order valence-electron chi connectivity index (χ0n) is 8.60. The molecule has 1 aliphatic heterocycles. The summed E-state index contributed by atoms with van der Waals surface area (Å²) in [4.78, 5) is 11.1. The van der Waals surface area contributed by atoms with E-state index in [2.05, 4.69) is 9.46 Å². The molecule has 0 aromatic heterocycles. The van der Waals surface area contributed by atoms with Gasteiger partial charge in [-0.15, -0.1) is 0 Å². The number of carbonyl (C=O) groups excluding carboxylic acids is 1. The van der Waals surface area contributed by atoms with Crippen LogP contribution in [0.25, 0.3) is 0 Å². The predicted octanol–water partition coefficient (Wildman–Crippen LogP) is -1.68. The third-order valence-corrected chi connectivity index (χ3v) is 3.62. The van der Waals surface area contributed by atoms with Gasteiger partial charge >= 0.3 is 5.97 Å². The largest absolute Gasteiger partial charge is 0.467 e. The SMILES string of the molecule is CNS(=O)(=O)N1CCOC(C(=O)OC)C1. The molecule has 1 heterocycles. The minimum absolute atomic E-state index is 0.0180. The lowest BCUT2D eigenvalue weighted by molar-refractivity contribution is -0.157. The van der Waals surface area contributed by atoms with E-state index in [0.717, 1.165) is 4.31 Å². The smallest absolute Gasteiger partial charge is 0.336 e. The van der Waals surface area contributed by atoms with Crippen molar-refractivity contribution in [1.29, 1.82) is 0 Å². The Morgan fingerprint density at radius 2 is 2.27 bits per heavy atom. The summed E-state index contributed by atoms with van der Waals surface area (Å²) in [6.45, 7) is 0.396. The average molecular weight is 238 g/mol. The van der Waals surface area contributed by atoms with Crippen LogP contribution in [-0.2, 0) is 24.5 Å². The third-order valence-electron chi connectivity index (χ3n) is 2.09. The summed E-state index contributed by atoms with van der Waals surface area (Å²) < 4.78 is 35.7. The van der Waals surface area contributed by atoms with Crippen LogP contribution in [0.2, 0.25) is 0 Å². The van der Waals surface area contributed by atoms with E-state index in [-0.39, 0.29) is 19.7 Å². The Morgan fingerprint density at radius 3 is 2.80 bits per heavy atom. The summed E-state index contributed by atoms with van der Waals surface area (Å²) >= 11 is 0. The van der Waals surface area contributed by atoms with Crippen LogP contribution in [0, 0.1) is 0 Å². The van der Waals surface area contributed by atoms with Crippen LogP contribution >= 0.6 is 0 Å². The molecule has 1 fully saturated rings. The number of nitrogens with one attached hydrogen (secondary N) is 1. The second-order valence-corrected chi connectivity index (χ2v) is 4.82. The summed E-state index contributed by atoms with van der Waals surface area (Å²) in [6, 6.07) is 0. The molecule has 88 valence electrons. The molecular weight excluding hydrogens is 224 g/mol. The van der Waals surface area contributed by atoms with Crippen molar-refractivity contribution in [2.24, 2.45) is 0 Å². The van der Waals surface area contributed by atoms with E-state index < -0.39 is 22.3 Å². The first-order chi connectivity index (χ1) is 7.01. The minimum Gasteiger partial charge on any atom is -0.467 e. The molecule has 7 nitrogen and oxygen atoms in total. The van der Waals surface area contributed by atoms with E-state index in [1.54, 1.807) is 0 Å². The van der Waals surface area contributed by atoms with Crippen LogP contribution in [0.5, 0.6) is 0 Å². The van der Waals surface area contributed by atoms with Gasteiger partial charge in [-0.2, -0.15) is 12.7 Å². The average Bonchev–Trinajstić information content (AvgIpc) is 2.28. The van der Waals surface area contributed by atoms with Gasteiger partial charge in [-0.3, -0.25) is 0 Å². The van der Waals surface area contributed by atoms with Crippen molar-refractivity contribution >= 4 is 16.2 Å². The molecule has 0 saturated carbocycles. The quantitative estimate of drug-likeness (QED) is 0.594. The number of ether oxygens (including phenoxy) is 2. The van der Waals surface area contributed by atoms with Gasteiger partial charge in [-0.1, -0.05) is 0 Å². The maximum Gasteiger partial charge on any atom is 0.336 e. The van der Waals surface area contributed by atoms with Crippen LogP contribution in [0.1, 0.15) is 0 Å². The second kappa shape index (κ2) is 4.88. The van der Waals surface area contributed by atoms with Crippen LogP contribution in [0.4, 0.5) is 0 Å². The van der Waals surface area contributed by atoms with E-state index in [0.29, 0.717) is 0 Å². The molecule has 0 amide bonds. The monoisotopic (exact) mass is 238 g/mol. The lowest BCUT2D eigenvalue weighted by Crippen LogP contribution is -2.51. The molecule has 1 unspecified atom stereocenters. The number of esters is 1. The molecule has 15 heavy (non-hydrogen) atoms. The molecule has 0 aliphatic carbocycles. The number of morpholine rings is 1. The van der Waals surface area contributed by atoms with Gasteiger partial charge in [0.15, 0.2) is 6.10 Å². The number of hydrogen-bond acceptors (Lipinski definition) is 5. The normalized spacial score (nSPS) is 23.7. The highest BCUT2D eigenvalue weighted by atomic mass is 32.2. The first-order valence-electron chi connectivity index (χ1n) is 4.39. The lowest BCUT2D eigenvalue weighted by atomic mass is 10.3. The fourth-order valence-electron chi connectivity index (χ4n) is 1.25. The summed E-state index contributed by atoms with van der Waals surface area (Å²) in [7, 11) is -0.950. The highest BCUT2D eigenvalue weighted by molar-refractivity contribution is 7.87. The maximum absolute atomic E-state index is 11.4. The zero-order chi connectivity index (χ0) is 11.5. The second-order valence-electron chi connectivity index (χ2n) is 2.95. The Bertz CT molecular complexity index is 328. The van der Waals surface area contributed by atoms with Crippen LogP contribution in [-0.4, -0.2) is 58.7 Å². The summed E-state index contributed by atoms with van der Waals surface area (Å²) in [6.07, 6.45) is -0.841. The molecule has 1 N–H and O–H groups in total. The van der Waals surface area contributed by atoms with Crippen molar-refractivity contribution in [2.75, 3.05) is 33.9 Å². The molecule has 0 aromatic rings.